The molecule has 0 fully saturated rings. The lowest BCUT2D eigenvalue weighted by Gasteiger charge is -2.19. The van der Waals surface area contributed by atoms with Gasteiger partial charge in [0.25, 0.3) is 5.91 Å². The molecule has 0 unspecified atom stereocenters. The SMILES string of the molecule is Cn1ccnc1[C@@H](NC(=O)c1ccc(-n2cnc3ccccc32)cc1)c1ccc(Cl)cc1. The van der Waals surface area contributed by atoms with Crippen molar-refractivity contribution in [2.75, 3.05) is 0 Å². The summed E-state index contributed by atoms with van der Waals surface area (Å²) in [5.74, 6) is 0.553. The Hall–Kier alpha value is -3.90. The average Bonchev–Trinajstić information content (AvgIpc) is 3.44. The minimum atomic E-state index is -0.406. The summed E-state index contributed by atoms with van der Waals surface area (Å²) >= 11 is 6.05. The summed E-state index contributed by atoms with van der Waals surface area (Å²) in [4.78, 5) is 22.0. The molecule has 6 nitrogen and oxygen atoms in total. The first kappa shape index (κ1) is 20.0. The molecule has 0 saturated carbocycles. The second kappa shape index (κ2) is 8.32. The van der Waals surface area contributed by atoms with Crippen LogP contribution in [0.25, 0.3) is 16.7 Å². The first-order valence-electron chi connectivity index (χ1n) is 10.2. The largest absolute Gasteiger partial charge is 0.338 e. The molecule has 5 rings (SSSR count). The summed E-state index contributed by atoms with van der Waals surface area (Å²) in [6.07, 6.45) is 5.36. The van der Waals surface area contributed by atoms with Crippen LogP contribution in [0.1, 0.15) is 27.8 Å². The van der Waals surface area contributed by atoms with E-state index in [0.29, 0.717) is 10.6 Å². The van der Waals surface area contributed by atoms with Crippen LogP contribution in [0, 0.1) is 0 Å². The fourth-order valence-electron chi connectivity index (χ4n) is 3.76. The highest BCUT2D eigenvalue weighted by atomic mass is 35.5. The van der Waals surface area contributed by atoms with Crippen LogP contribution in [0.5, 0.6) is 0 Å². The Kier molecular flexibility index (Phi) is 5.21. The lowest BCUT2D eigenvalue weighted by atomic mass is 10.1. The highest BCUT2D eigenvalue weighted by Crippen LogP contribution is 2.23. The van der Waals surface area contributed by atoms with E-state index in [1.807, 2.05) is 95.2 Å². The molecule has 2 heterocycles. The Morgan fingerprint density at radius 1 is 0.969 bits per heavy atom. The first-order valence-corrected chi connectivity index (χ1v) is 10.5. The van der Waals surface area contributed by atoms with Gasteiger partial charge < -0.3 is 9.88 Å². The molecule has 158 valence electrons. The normalized spacial score (nSPS) is 12.1. The maximum atomic E-state index is 13.1. The van der Waals surface area contributed by atoms with E-state index in [-0.39, 0.29) is 5.91 Å². The quantitative estimate of drug-likeness (QED) is 0.420. The van der Waals surface area contributed by atoms with Gasteiger partial charge in [0.05, 0.1) is 11.0 Å². The van der Waals surface area contributed by atoms with E-state index in [4.69, 9.17) is 11.6 Å². The van der Waals surface area contributed by atoms with Crippen LogP contribution in [0.15, 0.2) is 91.5 Å². The van der Waals surface area contributed by atoms with Crippen LogP contribution in [-0.2, 0) is 7.05 Å². The van der Waals surface area contributed by atoms with Gasteiger partial charge >= 0.3 is 0 Å². The molecular weight excluding hydrogens is 422 g/mol. The number of aromatic nitrogens is 4. The smallest absolute Gasteiger partial charge is 0.252 e. The Morgan fingerprint density at radius 3 is 2.44 bits per heavy atom. The van der Waals surface area contributed by atoms with Gasteiger partial charge in [-0.15, -0.1) is 0 Å². The molecule has 1 N–H and O–H groups in total. The van der Waals surface area contributed by atoms with E-state index in [0.717, 1.165) is 28.1 Å². The number of rotatable bonds is 5. The van der Waals surface area contributed by atoms with E-state index in [1.165, 1.54) is 0 Å². The van der Waals surface area contributed by atoms with E-state index in [9.17, 15) is 4.79 Å². The lowest BCUT2D eigenvalue weighted by molar-refractivity contribution is 0.0941. The van der Waals surface area contributed by atoms with Gasteiger partial charge in [-0.3, -0.25) is 9.36 Å². The Morgan fingerprint density at radius 2 is 1.72 bits per heavy atom. The van der Waals surface area contributed by atoms with Crippen molar-refractivity contribution in [2.24, 2.45) is 7.05 Å². The van der Waals surface area contributed by atoms with Gasteiger partial charge in [0.2, 0.25) is 0 Å². The number of carbonyl (C=O) groups is 1. The highest BCUT2D eigenvalue weighted by Gasteiger charge is 2.21. The Labute approximate surface area is 190 Å². The molecule has 1 atom stereocenters. The fourth-order valence-corrected chi connectivity index (χ4v) is 3.89. The maximum absolute atomic E-state index is 13.1. The molecule has 1 amide bonds. The van der Waals surface area contributed by atoms with E-state index >= 15 is 0 Å². The summed E-state index contributed by atoms with van der Waals surface area (Å²) in [5.41, 5.74) is 4.34. The van der Waals surface area contributed by atoms with E-state index < -0.39 is 6.04 Å². The number of aryl methyl sites for hydroxylation is 1. The predicted molar refractivity (Wildman–Crippen MR) is 125 cm³/mol. The Bertz CT molecular complexity index is 1390. The van der Waals surface area contributed by atoms with E-state index in [2.05, 4.69) is 15.3 Å². The molecule has 3 aromatic carbocycles. The van der Waals surface area contributed by atoms with Crippen LogP contribution in [-0.4, -0.2) is 25.0 Å². The molecule has 0 aliphatic carbocycles. The topological polar surface area (TPSA) is 64.7 Å². The predicted octanol–water partition coefficient (Wildman–Crippen LogP) is 4.93. The van der Waals surface area contributed by atoms with Gasteiger partial charge in [0.15, 0.2) is 0 Å². The monoisotopic (exact) mass is 441 g/mol. The van der Waals surface area contributed by atoms with Crippen LogP contribution in [0.2, 0.25) is 5.02 Å². The zero-order chi connectivity index (χ0) is 22.1. The zero-order valence-electron chi connectivity index (χ0n) is 17.3. The third kappa shape index (κ3) is 3.76. The number of benzene rings is 3. The van der Waals surface area contributed by atoms with Crippen molar-refractivity contribution in [3.05, 3.63) is 113 Å². The lowest BCUT2D eigenvalue weighted by Crippen LogP contribution is -2.31. The van der Waals surface area contributed by atoms with Crippen molar-refractivity contribution in [1.82, 2.24) is 24.4 Å². The zero-order valence-corrected chi connectivity index (χ0v) is 18.1. The van der Waals surface area contributed by atoms with Crippen molar-refractivity contribution in [1.29, 1.82) is 0 Å². The number of hydrogen-bond donors (Lipinski definition) is 1. The third-order valence-corrected chi connectivity index (χ3v) is 5.71. The molecule has 0 radical (unpaired) electrons. The van der Waals surface area contributed by atoms with Crippen LogP contribution >= 0.6 is 11.6 Å². The second-order valence-electron chi connectivity index (χ2n) is 7.50. The van der Waals surface area contributed by atoms with Crippen LogP contribution in [0.4, 0.5) is 0 Å². The molecule has 0 aliphatic rings. The molecule has 7 heteroatoms. The minimum Gasteiger partial charge on any atom is -0.338 e. The van der Waals surface area contributed by atoms with Crippen molar-refractivity contribution in [3.8, 4) is 5.69 Å². The third-order valence-electron chi connectivity index (χ3n) is 5.46. The molecule has 0 bridgehead atoms. The Balaban J connectivity index is 1.42. The summed E-state index contributed by atoms with van der Waals surface area (Å²) in [7, 11) is 1.90. The summed E-state index contributed by atoms with van der Waals surface area (Å²) in [5, 5.41) is 3.75. The molecule has 32 heavy (non-hydrogen) atoms. The molecule has 5 aromatic rings. The van der Waals surface area contributed by atoms with Crippen molar-refractivity contribution < 1.29 is 4.79 Å². The number of amides is 1. The van der Waals surface area contributed by atoms with Gasteiger partial charge in [-0.05, 0) is 54.1 Å². The summed E-state index contributed by atoms with van der Waals surface area (Å²) < 4.78 is 3.90. The van der Waals surface area contributed by atoms with Gasteiger partial charge in [-0.2, -0.15) is 0 Å². The van der Waals surface area contributed by atoms with Gasteiger partial charge in [0.1, 0.15) is 18.2 Å². The number of nitrogens with zero attached hydrogens (tertiary/aromatic N) is 4. The molecule has 0 spiro atoms. The maximum Gasteiger partial charge on any atom is 0.252 e. The number of carbonyl (C=O) groups excluding carboxylic acids is 1. The van der Waals surface area contributed by atoms with Crippen molar-refractivity contribution in [3.63, 3.8) is 0 Å². The first-order chi connectivity index (χ1) is 15.6. The standard InChI is InChI=1S/C25H20ClN5O/c1-30-15-14-27-24(30)23(17-6-10-19(26)11-7-17)29-25(32)18-8-12-20(13-9-18)31-16-28-21-4-2-3-5-22(21)31/h2-16,23H,1H3,(H,29,32)/t23-/m0/s1. The second-order valence-corrected chi connectivity index (χ2v) is 7.94. The summed E-state index contributed by atoms with van der Waals surface area (Å²) in [6.45, 7) is 0. The fraction of sp³-hybridized carbons (Fsp3) is 0.0800. The minimum absolute atomic E-state index is 0.185. The van der Waals surface area contributed by atoms with Gasteiger partial charge in [0, 0.05) is 35.7 Å². The van der Waals surface area contributed by atoms with Gasteiger partial charge in [-0.1, -0.05) is 35.9 Å². The molecule has 0 saturated heterocycles. The number of para-hydroxylation sites is 2. The van der Waals surface area contributed by atoms with Crippen LogP contribution in [0.3, 0.4) is 0 Å². The number of imidazole rings is 2. The van der Waals surface area contributed by atoms with Gasteiger partial charge in [-0.25, -0.2) is 9.97 Å². The number of hydrogen-bond acceptors (Lipinski definition) is 3. The highest BCUT2D eigenvalue weighted by molar-refractivity contribution is 6.30. The van der Waals surface area contributed by atoms with E-state index in [1.54, 1.807) is 12.5 Å². The summed E-state index contributed by atoms with van der Waals surface area (Å²) in [6, 6.07) is 22.4. The van der Waals surface area contributed by atoms with Crippen molar-refractivity contribution in [2.45, 2.75) is 6.04 Å². The average molecular weight is 442 g/mol. The number of fused-ring (bicyclic) bond motifs is 1. The number of nitrogens with one attached hydrogen (secondary N) is 1. The van der Waals surface area contributed by atoms with Crippen molar-refractivity contribution >= 4 is 28.5 Å². The van der Waals surface area contributed by atoms with Crippen LogP contribution < -0.4 is 5.32 Å². The molecule has 0 aliphatic heterocycles. The molecular formula is C25H20ClN5O. The molecule has 2 aromatic heterocycles. The number of halogens is 1.